The van der Waals surface area contributed by atoms with E-state index >= 15 is 0 Å². The maximum Gasteiger partial charge on any atom is 0.260 e. The fraction of sp³-hybridized carbons (Fsp3) is 0.444. The largest absolute Gasteiger partial charge is 0.358 e. The quantitative estimate of drug-likeness (QED) is 0.769. The predicted octanol–water partition coefficient (Wildman–Crippen LogP) is 3.32. The van der Waals surface area contributed by atoms with Crippen LogP contribution in [-0.4, -0.2) is 23.9 Å². The third-order valence-corrected chi connectivity index (χ3v) is 3.92. The van der Waals surface area contributed by atoms with E-state index in [9.17, 15) is 9.59 Å². The Kier molecular flexibility index (Phi) is 5.01. The maximum atomic E-state index is 12.9. The van der Waals surface area contributed by atoms with Gasteiger partial charge in [-0.1, -0.05) is 32.0 Å². The first kappa shape index (κ1) is 16.3. The Balaban J connectivity index is 2.93. The minimum atomic E-state index is -0.0169. The van der Waals surface area contributed by atoms with Crippen LogP contribution < -0.4 is 10.5 Å². The number of carbonyl (C=O) groups excluding carboxylic acids is 1. The second kappa shape index (κ2) is 6.77. The van der Waals surface area contributed by atoms with Crippen LogP contribution in [0.25, 0.3) is 10.8 Å². The van der Waals surface area contributed by atoms with Gasteiger partial charge in [0.25, 0.3) is 5.56 Å². The van der Waals surface area contributed by atoms with E-state index in [4.69, 9.17) is 0 Å². The Morgan fingerprint density at radius 2 is 1.73 bits per heavy atom. The molecule has 0 saturated carbocycles. The van der Waals surface area contributed by atoms with Crippen molar-refractivity contribution in [2.45, 2.75) is 34.2 Å². The summed E-state index contributed by atoms with van der Waals surface area (Å²) in [7, 11) is 0. The highest BCUT2D eigenvalue weighted by Crippen LogP contribution is 2.26. The molecule has 0 radical (unpaired) electrons. The standard InChI is InChI=1S/C18H24N2O2/c1-5-19(6-2)17-16(12-21)14-9-7-8-10-15(14)18(22)20(17)11-13(3)4/h7-10,12-13H,5-6,11H2,1-4H3. The van der Waals surface area contributed by atoms with Gasteiger partial charge in [0.2, 0.25) is 0 Å². The van der Waals surface area contributed by atoms with E-state index in [0.29, 0.717) is 23.4 Å². The minimum absolute atomic E-state index is 0.0169. The van der Waals surface area contributed by atoms with Crippen molar-refractivity contribution in [2.24, 2.45) is 5.92 Å². The van der Waals surface area contributed by atoms with Crippen molar-refractivity contribution in [1.29, 1.82) is 0 Å². The van der Waals surface area contributed by atoms with Crippen LogP contribution >= 0.6 is 0 Å². The van der Waals surface area contributed by atoms with E-state index in [2.05, 4.69) is 18.7 Å². The summed E-state index contributed by atoms with van der Waals surface area (Å²) in [4.78, 5) is 26.8. The fourth-order valence-electron chi connectivity index (χ4n) is 2.93. The van der Waals surface area contributed by atoms with Gasteiger partial charge in [-0.2, -0.15) is 0 Å². The number of hydrogen-bond acceptors (Lipinski definition) is 3. The van der Waals surface area contributed by atoms with Gasteiger partial charge in [0.05, 0.1) is 5.56 Å². The van der Waals surface area contributed by atoms with Crippen molar-refractivity contribution in [3.63, 3.8) is 0 Å². The lowest BCUT2D eigenvalue weighted by Crippen LogP contribution is -2.34. The zero-order chi connectivity index (χ0) is 16.3. The molecule has 0 unspecified atom stereocenters. The molecule has 4 nitrogen and oxygen atoms in total. The highest BCUT2D eigenvalue weighted by molar-refractivity contribution is 6.02. The molecule has 22 heavy (non-hydrogen) atoms. The molecular weight excluding hydrogens is 276 g/mol. The molecule has 0 aliphatic carbocycles. The molecule has 0 fully saturated rings. The minimum Gasteiger partial charge on any atom is -0.358 e. The Morgan fingerprint density at radius 1 is 1.14 bits per heavy atom. The normalized spacial score (nSPS) is 11.1. The van der Waals surface area contributed by atoms with Crippen molar-refractivity contribution in [2.75, 3.05) is 18.0 Å². The van der Waals surface area contributed by atoms with Gasteiger partial charge < -0.3 is 4.90 Å². The third kappa shape index (κ3) is 2.78. The Morgan fingerprint density at radius 3 is 2.23 bits per heavy atom. The second-order valence-electron chi connectivity index (χ2n) is 5.88. The summed E-state index contributed by atoms with van der Waals surface area (Å²) in [5, 5.41) is 1.35. The number of aldehydes is 1. The smallest absolute Gasteiger partial charge is 0.260 e. The molecule has 118 valence electrons. The number of rotatable bonds is 6. The monoisotopic (exact) mass is 300 g/mol. The zero-order valence-corrected chi connectivity index (χ0v) is 13.8. The van der Waals surface area contributed by atoms with E-state index in [1.807, 2.05) is 32.0 Å². The van der Waals surface area contributed by atoms with Gasteiger partial charge in [-0.05, 0) is 25.8 Å². The molecule has 0 spiro atoms. The van der Waals surface area contributed by atoms with Crippen molar-refractivity contribution < 1.29 is 4.79 Å². The van der Waals surface area contributed by atoms with Gasteiger partial charge in [0.1, 0.15) is 5.82 Å². The van der Waals surface area contributed by atoms with Crippen LogP contribution in [0.15, 0.2) is 29.1 Å². The van der Waals surface area contributed by atoms with Gasteiger partial charge in [-0.15, -0.1) is 0 Å². The van der Waals surface area contributed by atoms with Gasteiger partial charge in [0, 0.05) is 30.4 Å². The van der Waals surface area contributed by atoms with E-state index in [1.165, 1.54) is 0 Å². The molecule has 4 heteroatoms. The summed E-state index contributed by atoms with van der Waals surface area (Å²) in [5.41, 5.74) is 0.594. The molecule has 0 N–H and O–H groups in total. The van der Waals surface area contributed by atoms with Crippen LogP contribution in [0.4, 0.5) is 5.82 Å². The molecule has 2 aromatic rings. The van der Waals surface area contributed by atoms with E-state index in [1.54, 1.807) is 10.6 Å². The summed E-state index contributed by atoms with van der Waals surface area (Å²) in [6.07, 6.45) is 0.881. The third-order valence-electron chi connectivity index (χ3n) is 3.92. The number of nitrogens with zero attached hydrogens (tertiary/aromatic N) is 2. The maximum absolute atomic E-state index is 12.9. The van der Waals surface area contributed by atoms with Gasteiger partial charge in [-0.3, -0.25) is 14.2 Å². The first-order chi connectivity index (χ1) is 10.5. The number of carbonyl (C=O) groups is 1. The zero-order valence-electron chi connectivity index (χ0n) is 13.8. The second-order valence-corrected chi connectivity index (χ2v) is 5.88. The molecule has 1 aromatic heterocycles. The number of hydrogen-bond donors (Lipinski definition) is 0. The van der Waals surface area contributed by atoms with Crippen molar-refractivity contribution in [3.05, 3.63) is 40.2 Å². The summed E-state index contributed by atoms with van der Waals surface area (Å²) in [5.74, 6) is 1.07. The lowest BCUT2D eigenvalue weighted by atomic mass is 10.1. The molecule has 0 bridgehead atoms. The lowest BCUT2D eigenvalue weighted by molar-refractivity contribution is 0.112. The van der Waals surface area contributed by atoms with Crippen molar-refractivity contribution >= 4 is 22.9 Å². The predicted molar refractivity (Wildman–Crippen MR) is 92.0 cm³/mol. The van der Waals surface area contributed by atoms with E-state index in [-0.39, 0.29) is 5.56 Å². The first-order valence-electron chi connectivity index (χ1n) is 7.90. The number of benzene rings is 1. The Hall–Kier alpha value is -2.10. The summed E-state index contributed by atoms with van der Waals surface area (Å²) >= 11 is 0. The van der Waals surface area contributed by atoms with Crippen molar-refractivity contribution in [3.8, 4) is 0 Å². The first-order valence-corrected chi connectivity index (χ1v) is 7.90. The molecule has 0 saturated heterocycles. The highest BCUT2D eigenvalue weighted by atomic mass is 16.1. The number of fused-ring (bicyclic) bond motifs is 1. The topological polar surface area (TPSA) is 42.3 Å². The lowest BCUT2D eigenvalue weighted by Gasteiger charge is -2.28. The molecule has 2 rings (SSSR count). The Bertz CT molecular complexity index is 728. The van der Waals surface area contributed by atoms with E-state index < -0.39 is 0 Å². The fourth-order valence-corrected chi connectivity index (χ4v) is 2.93. The summed E-state index contributed by atoms with van der Waals surface area (Å²) in [6.45, 7) is 10.4. The van der Waals surface area contributed by atoms with Crippen LogP contribution in [0.5, 0.6) is 0 Å². The SMILES string of the molecule is CCN(CC)c1c(C=O)c2ccccc2c(=O)n1CC(C)C. The van der Waals surface area contributed by atoms with Gasteiger partial charge in [0.15, 0.2) is 6.29 Å². The Labute approximate surface area is 131 Å². The van der Waals surface area contributed by atoms with Crippen molar-refractivity contribution in [1.82, 2.24) is 4.57 Å². The van der Waals surface area contributed by atoms with E-state index in [0.717, 1.165) is 30.6 Å². The van der Waals surface area contributed by atoms with Crippen LogP contribution in [-0.2, 0) is 6.54 Å². The number of anilines is 1. The molecule has 0 atom stereocenters. The van der Waals surface area contributed by atoms with Crippen LogP contribution in [0.1, 0.15) is 38.1 Å². The molecule has 1 heterocycles. The average molecular weight is 300 g/mol. The molecule has 0 aliphatic heterocycles. The van der Waals surface area contributed by atoms with Crippen LogP contribution in [0.2, 0.25) is 0 Å². The molecule has 1 aromatic carbocycles. The summed E-state index contributed by atoms with van der Waals surface area (Å²) < 4.78 is 1.77. The molecule has 0 amide bonds. The van der Waals surface area contributed by atoms with Gasteiger partial charge >= 0.3 is 0 Å². The number of aromatic nitrogens is 1. The summed E-state index contributed by atoms with van der Waals surface area (Å²) in [6, 6.07) is 7.36. The number of pyridine rings is 1. The average Bonchev–Trinajstić information content (AvgIpc) is 2.52. The molecular formula is C18H24N2O2. The van der Waals surface area contributed by atoms with Crippen LogP contribution in [0.3, 0.4) is 0 Å². The molecule has 0 aliphatic rings. The van der Waals surface area contributed by atoms with Gasteiger partial charge in [-0.25, -0.2) is 0 Å². The highest BCUT2D eigenvalue weighted by Gasteiger charge is 2.20. The van der Waals surface area contributed by atoms with Crippen LogP contribution in [0, 0.1) is 5.92 Å².